The number of rotatable bonds is 8. The largest absolute Gasteiger partial charge is 0.348 e. The summed E-state index contributed by atoms with van der Waals surface area (Å²) in [6.07, 6.45) is 0. The highest BCUT2D eigenvalue weighted by Gasteiger charge is 2.29. The van der Waals surface area contributed by atoms with Crippen LogP contribution >= 0.6 is 23.2 Å². The molecule has 3 aromatic carbocycles. The molecule has 3 aromatic rings. The lowest BCUT2D eigenvalue weighted by molar-refractivity contribution is -0.122. The van der Waals surface area contributed by atoms with Crippen LogP contribution in [0.2, 0.25) is 10.0 Å². The van der Waals surface area contributed by atoms with Crippen LogP contribution in [-0.4, -0.2) is 25.2 Å². The molecule has 0 aliphatic rings. The van der Waals surface area contributed by atoms with Gasteiger partial charge < -0.3 is 5.32 Å². The lowest BCUT2D eigenvalue weighted by atomic mass is 10.1. The van der Waals surface area contributed by atoms with Crippen LogP contribution in [0.25, 0.3) is 0 Å². The highest BCUT2D eigenvalue weighted by atomic mass is 35.5. The first-order valence-electron chi connectivity index (χ1n) is 10.1. The Kier molecular flexibility index (Phi) is 8.13. The molecule has 9 heteroatoms. The smallest absolute Gasteiger partial charge is 0.243 e. The zero-order valence-corrected chi connectivity index (χ0v) is 20.4. The first-order valence-corrected chi connectivity index (χ1v) is 12.3. The van der Waals surface area contributed by atoms with E-state index in [0.717, 1.165) is 15.4 Å². The Morgan fingerprint density at radius 2 is 1.67 bits per heavy atom. The molecule has 174 valence electrons. The van der Waals surface area contributed by atoms with E-state index in [2.05, 4.69) is 5.32 Å². The lowest BCUT2D eigenvalue weighted by Crippen LogP contribution is -2.41. The van der Waals surface area contributed by atoms with Gasteiger partial charge in [0.15, 0.2) is 0 Å². The minimum absolute atomic E-state index is 0.000823. The molecule has 0 bridgehead atoms. The van der Waals surface area contributed by atoms with Gasteiger partial charge in [0.05, 0.1) is 17.5 Å². The van der Waals surface area contributed by atoms with Gasteiger partial charge in [0.2, 0.25) is 15.9 Å². The Morgan fingerprint density at radius 1 is 1.03 bits per heavy atom. The second-order valence-electron chi connectivity index (χ2n) is 7.63. The predicted molar refractivity (Wildman–Crippen MR) is 128 cm³/mol. The van der Waals surface area contributed by atoms with Crippen LogP contribution in [0, 0.1) is 12.7 Å². The van der Waals surface area contributed by atoms with E-state index in [9.17, 15) is 17.6 Å². The molecule has 0 fully saturated rings. The summed E-state index contributed by atoms with van der Waals surface area (Å²) in [6, 6.07) is 16.9. The number of carbonyl (C=O) groups excluding carboxylic acids is 1. The molecule has 1 atom stereocenters. The molecule has 0 radical (unpaired) electrons. The van der Waals surface area contributed by atoms with Gasteiger partial charge in [-0.3, -0.25) is 4.79 Å². The average molecular weight is 509 g/mol. The van der Waals surface area contributed by atoms with Crippen LogP contribution in [-0.2, 0) is 21.4 Å². The number of halogens is 3. The van der Waals surface area contributed by atoms with Crippen molar-refractivity contribution in [1.29, 1.82) is 0 Å². The van der Waals surface area contributed by atoms with Crippen molar-refractivity contribution in [1.82, 2.24) is 9.62 Å². The summed E-state index contributed by atoms with van der Waals surface area (Å²) < 4.78 is 42.1. The van der Waals surface area contributed by atoms with Crippen LogP contribution in [0.3, 0.4) is 0 Å². The predicted octanol–water partition coefficient (Wildman–Crippen LogP) is 5.51. The highest BCUT2D eigenvalue weighted by Crippen LogP contribution is 2.25. The maximum atomic E-state index is 14.4. The molecule has 5 nitrogen and oxygen atoms in total. The molecule has 1 amide bonds. The number of aryl methyl sites for hydroxylation is 1. The first-order chi connectivity index (χ1) is 15.6. The van der Waals surface area contributed by atoms with E-state index >= 15 is 0 Å². The number of amides is 1. The summed E-state index contributed by atoms with van der Waals surface area (Å²) in [4.78, 5) is 12.8. The third-order valence-corrected chi connectivity index (χ3v) is 7.53. The number of nitrogens with zero attached hydrogens (tertiary/aromatic N) is 1. The van der Waals surface area contributed by atoms with E-state index in [4.69, 9.17) is 23.2 Å². The lowest BCUT2D eigenvalue weighted by Gasteiger charge is -2.24. The molecule has 33 heavy (non-hydrogen) atoms. The topological polar surface area (TPSA) is 66.5 Å². The fourth-order valence-electron chi connectivity index (χ4n) is 3.23. The molecule has 1 N–H and O–H groups in total. The van der Waals surface area contributed by atoms with Crippen molar-refractivity contribution in [2.24, 2.45) is 0 Å². The van der Waals surface area contributed by atoms with Gasteiger partial charge in [0.25, 0.3) is 0 Å². The second kappa shape index (κ2) is 10.7. The maximum Gasteiger partial charge on any atom is 0.243 e. The number of benzene rings is 3. The Labute approximate surface area is 203 Å². The molecular weight excluding hydrogens is 486 g/mol. The molecule has 3 rings (SSSR count). The summed E-state index contributed by atoms with van der Waals surface area (Å²) in [5.41, 5.74) is 1.68. The summed E-state index contributed by atoms with van der Waals surface area (Å²) in [7, 11) is -4.12. The monoisotopic (exact) mass is 508 g/mol. The Bertz CT molecular complexity index is 1210. The zero-order valence-electron chi connectivity index (χ0n) is 18.1. The van der Waals surface area contributed by atoms with E-state index < -0.39 is 40.9 Å². The van der Waals surface area contributed by atoms with Crippen LogP contribution in [0.1, 0.15) is 29.7 Å². The number of sulfonamides is 1. The van der Waals surface area contributed by atoms with Crippen LogP contribution in [0.4, 0.5) is 4.39 Å². The van der Waals surface area contributed by atoms with Crippen molar-refractivity contribution in [2.75, 3.05) is 6.54 Å². The van der Waals surface area contributed by atoms with Crippen LogP contribution in [0.5, 0.6) is 0 Å². The van der Waals surface area contributed by atoms with Crippen molar-refractivity contribution in [3.05, 3.63) is 99.3 Å². The molecule has 1 unspecified atom stereocenters. The van der Waals surface area contributed by atoms with Gasteiger partial charge in [0, 0.05) is 22.2 Å². The third kappa shape index (κ3) is 6.32. The molecule has 0 saturated heterocycles. The van der Waals surface area contributed by atoms with Gasteiger partial charge in [-0.1, -0.05) is 59.1 Å². The SMILES string of the molecule is Cc1ccc(S(=O)(=O)N(CC(=O)NC(C)c2ccc(Cl)cc2)Cc2c(F)cccc2Cl)cc1. The molecule has 0 aromatic heterocycles. The van der Waals surface area contributed by atoms with Gasteiger partial charge in [-0.25, -0.2) is 12.8 Å². The van der Waals surface area contributed by atoms with Gasteiger partial charge in [-0.2, -0.15) is 4.31 Å². The van der Waals surface area contributed by atoms with E-state index in [0.29, 0.717) is 5.02 Å². The summed E-state index contributed by atoms with van der Waals surface area (Å²) >= 11 is 12.0. The van der Waals surface area contributed by atoms with Crippen molar-refractivity contribution in [3.8, 4) is 0 Å². The van der Waals surface area contributed by atoms with Gasteiger partial charge >= 0.3 is 0 Å². The normalized spacial score (nSPS) is 12.5. The highest BCUT2D eigenvalue weighted by molar-refractivity contribution is 7.89. The fraction of sp³-hybridized carbons (Fsp3) is 0.208. The molecule has 0 aliphatic carbocycles. The zero-order chi connectivity index (χ0) is 24.2. The average Bonchev–Trinajstić information content (AvgIpc) is 2.76. The third-order valence-electron chi connectivity index (χ3n) is 5.12. The van der Waals surface area contributed by atoms with Crippen molar-refractivity contribution in [2.45, 2.75) is 31.3 Å². The fourth-order valence-corrected chi connectivity index (χ4v) is 4.94. The number of hydrogen-bond acceptors (Lipinski definition) is 3. The molecular formula is C24H23Cl2FN2O3S. The number of carbonyl (C=O) groups is 1. The molecule has 0 saturated carbocycles. The summed E-state index contributed by atoms with van der Waals surface area (Å²) in [5.74, 6) is -1.19. The quantitative estimate of drug-likeness (QED) is 0.436. The van der Waals surface area contributed by atoms with Gasteiger partial charge in [-0.05, 0) is 55.8 Å². The van der Waals surface area contributed by atoms with Crippen LogP contribution < -0.4 is 5.32 Å². The van der Waals surface area contributed by atoms with Crippen molar-refractivity contribution >= 4 is 39.1 Å². The first kappa shape index (κ1) is 25.2. The van der Waals surface area contributed by atoms with Gasteiger partial charge in [0.1, 0.15) is 5.82 Å². The van der Waals surface area contributed by atoms with Gasteiger partial charge in [-0.15, -0.1) is 0 Å². The standard InChI is InChI=1S/C24H23Cl2FN2O3S/c1-16-6-12-20(13-7-16)33(31,32)29(14-21-22(26)4-3-5-23(21)27)15-24(30)28-17(2)18-8-10-19(25)11-9-18/h3-13,17H,14-15H2,1-2H3,(H,28,30). The van der Waals surface area contributed by atoms with E-state index in [1.807, 2.05) is 6.92 Å². The summed E-state index contributed by atoms with van der Waals surface area (Å²) in [6.45, 7) is 2.69. The van der Waals surface area contributed by atoms with Crippen molar-refractivity contribution in [3.63, 3.8) is 0 Å². The van der Waals surface area contributed by atoms with E-state index in [-0.39, 0.29) is 15.5 Å². The summed E-state index contributed by atoms with van der Waals surface area (Å²) in [5, 5.41) is 3.42. The Balaban J connectivity index is 1.88. The maximum absolute atomic E-state index is 14.4. The minimum atomic E-state index is -4.12. The van der Waals surface area contributed by atoms with Crippen LogP contribution in [0.15, 0.2) is 71.6 Å². The molecule has 0 heterocycles. The second-order valence-corrected chi connectivity index (χ2v) is 10.4. The molecule has 0 aliphatic heterocycles. The molecule has 0 spiro atoms. The number of hydrogen-bond donors (Lipinski definition) is 1. The Hall–Kier alpha value is -2.45. The van der Waals surface area contributed by atoms with E-state index in [1.165, 1.54) is 30.3 Å². The Morgan fingerprint density at radius 3 is 2.27 bits per heavy atom. The number of nitrogens with one attached hydrogen (secondary N) is 1. The van der Waals surface area contributed by atoms with E-state index in [1.54, 1.807) is 43.3 Å². The minimum Gasteiger partial charge on any atom is -0.348 e. The van der Waals surface area contributed by atoms with Crippen molar-refractivity contribution < 1.29 is 17.6 Å².